The van der Waals surface area contributed by atoms with Crippen LogP contribution in [0.4, 0.5) is 10.1 Å². The number of anilines is 1. The lowest BCUT2D eigenvalue weighted by molar-refractivity contribution is -0.118. The van der Waals surface area contributed by atoms with E-state index in [1.165, 1.54) is 12.1 Å². The summed E-state index contributed by atoms with van der Waals surface area (Å²) in [5.74, 6) is 0.174. The number of benzene rings is 2. The highest BCUT2D eigenvalue weighted by Gasteiger charge is 2.36. The van der Waals surface area contributed by atoms with Crippen molar-refractivity contribution in [2.45, 2.75) is 31.2 Å². The Bertz CT molecular complexity index is 1010. The normalized spacial score (nSPS) is 15.2. The van der Waals surface area contributed by atoms with E-state index in [4.69, 9.17) is 15.0 Å². The molecule has 1 aliphatic rings. The molecule has 1 aliphatic carbocycles. The molecule has 0 atom stereocenters. The van der Waals surface area contributed by atoms with E-state index >= 15 is 0 Å². The number of halogens is 1. The maximum absolute atomic E-state index is 13.7. The van der Waals surface area contributed by atoms with Gasteiger partial charge in [-0.15, -0.1) is 0 Å². The summed E-state index contributed by atoms with van der Waals surface area (Å²) < 4.78 is 24.7. The number of hydrogen-bond acceptors (Lipinski definition) is 6. The third-order valence-corrected chi connectivity index (χ3v) is 4.99. The minimum absolute atomic E-state index is 0.0979. The van der Waals surface area contributed by atoms with Crippen LogP contribution in [0.1, 0.15) is 31.5 Å². The highest BCUT2D eigenvalue weighted by atomic mass is 19.1. The summed E-state index contributed by atoms with van der Waals surface area (Å²) in [6.45, 7) is -0.298. The zero-order chi connectivity index (χ0) is 20.3. The predicted molar refractivity (Wildman–Crippen MR) is 105 cm³/mol. The number of carbonyl (C=O) groups excluding carboxylic acids is 1. The molecule has 4 rings (SSSR count). The second-order valence-corrected chi connectivity index (χ2v) is 7.10. The van der Waals surface area contributed by atoms with Crippen LogP contribution in [0.15, 0.2) is 53.1 Å². The van der Waals surface area contributed by atoms with Crippen LogP contribution in [0.25, 0.3) is 11.5 Å². The SMILES string of the molecule is NC1(c2noc(-c3ccccc3OCC(=O)Nc3ccccc3F)n2)CCCC1. The molecule has 7 nitrogen and oxygen atoms in total. The van der Waals surface area contributed by atoms with Crippen molar-refractivity contribution < 1.29 is 18.4 Å². The number of aromatic nitrogens is 2. The van der Waals surface area contributed by atoms with E-state index in [9.17, 15) is 9.18 Å². The van der Waals surface area contributed by atoms with Gasteiger partial charge in [-0.05, 0) is 37.1 Å². The van der Waals surface area contributed by atoms with E-state index in [1.807, 2.05) is 0 Å². The van der Waals surface area contributed by atoms with Crippen molar-refractivity contribution in [1.29, 1.82) is 0 Å². The molecular weight excluding hydrogens is 375 g/mol. The van der Waals surface area contributed by atoms with Gasteiger partial charge in [-0.1, -0.05) is 42.3 Å². The quantitative estimate of drug-likeness (QED) is 0.660. The monoisotopic (exact) mass is 396 g/mol. The molecule has 1 amide bonds. The lowest BCUT2D eigenvalue weighted by atomic mass is 9.99. The lowest BCUT2D eigenvalue weighted by Gasteiger charge is -2.17. The van der Waals surface area contributed by atoms with Crippen LogP contribution in [0.2, 0.25) is 0 Å². The molecule has 3 aromatic rings. The van der Waals surface area contributed by atoms with Crippen LogP contribution in [0.5, 0.6) is 5.75 Å². The molecule has 150 valence electrons. The summed E-state index contributed by atoms with van der Waals surface area (Å²) in [7, 11) is 0. The van der Waals surface area contributed by atoms with Gasteiger partial charge in [0.25, 0.3) is 11.8 Å². The first kappa shape index (κ1) is 19.1. The van der Waals surface area contributed by atoms with Crippen LogP contribution in [-0.2, 0) is 10.3 Å². The van der Waals surface area contributed by atoms with E-state index in [0.717, 1.165) is 25.7 Å². The van der Waals surface area contributed by atoms with Gasteiger partial charge in [0, 0.05) is 0 Å². The molecule has 0 aliphatic heterocycles. The fourth-order valence-electron chi connectivity index (χ4n) is 3.43. The third-order valence-electron chi connectivity index (χ3n) is 4.99. The summed E-state index contributed by atoms with van der Waals surface area (Å²) in [6.07, 6.45) is 3.72. The Labute approximate surface area is 167 Å². The number of hydrogen-bond donors (Lipinski definition) is 2. The third kappa shape index (κ3) is 4.12. The van der Waals surface area contributed by atoms with Crippen molar-refractivity contribution in [2.75, 3.05) is 11.9 Å². The van der Waals surface area contributed by atoms with Gasteiger partial charge in [-0.3, -0.25) is 4.79 Å². The van der Waals surface area contributed by atoms with Crippen molar-refractivity contribution >= 4 is 11.6 Å². The van der Waals surface area contributed by atoms with Gasteiger partial charge in [-0.25, -0.2) is 4.39 Å². The molecular formula is C21H21FN4O3. The fraction of sp³-hybridized carbons (Fsp3) is 0.286. The second-order valence-electron chi connectivity index (χ2n) is 7.10. The van der Waals surface area contributed by atoms with Crippen LogP contribution in [-0.4, -0.2) is 22.7 Å². The number of carbonyl (C=O) groups is 1. The van der Waals surface area contributed by atoms with E-state index in [1.54, 1.807) is 36.4 Å². The molecule has 0 saturated heterocycles. The summed E-state index contributed by atoms with van der Waals surface area (Å²) in [5, 5.41) is 6.54. The van der Waals surface area contributed by atoms with Gasteiger partial charge < -0.3 is 20.3 Å². The van der Waals surface area contributed by atoms with Gasteiger partial charge >= 0.3 is 0 Å². The molecule has 8 heteroatoms. The van der Waals surface area contributed by atoms with Crippen molar-refractivity contribution in [1.82, 2.24) is 10.1 Å². The number of nitrogens with one attached hydrogen (secondary N) is 1. The number of nitrogens with two attached hydrogens (primary N) is 1. The van der Waals surface area contributed by atoms with E-state index in [-0.39, 0.29) is 18.2 Å². The number of amides is 1. The van der Waals surface area contributed by atoms with Gasteiger partial charge in [0.15, 0.2) is 12.4 Å². The highest BCUT2D eigenvalue weighted by Crippen LogP contribution is 2.36. The minimum atomic E-state index is -0.558. The minimum Gasteiger partial charge on any atom is -0.483 e. The molecule has 29 heavy (non-hydrogen) atoms. The van der Waals surface area contributed by atoms with Crippen LogP contribution in [0, 0.1) is 5.82 Å². The molecule has 1 saturated carbocycles. The zero-order valence-corrected chi connectivity index (χ0v) is 15.7. The van der Waals surface area contributed by atoms with Crippen molar-refractivity contribution in [3.05, 3.63) is 60.2 Å². The zero-order valence-electron chi connectivity index (χ0n) is 15.7. The lowest BCUT2D eigenvalue weighted by Crippen LogP contribution is -2.34. The Hall–Kier alpha value is -3.26. The smallest absolute Gasteiger partial charge is 0.262 e. The summed E-state index contributed by atoms with van der Waals surface area (Å²) in [4.78, 5) is 16.6. The Kier molecular flexibility index (Phi) is 5.26. The van der Waals surface area contributed by atoms with Crippen molar-refractivity contribution in [3.8, 4) is 17.2 Å². The molecule has 0 radical (unpaired) electrons. The summed E-state index contributed by atoms with van der Waals surface area (Å²) >= 11 is 0. The summed E-state index contributed by atoms with van der Waals surface area (Å²) in [5.41, 5.74) is 6.50. The molecule has 0 bridgehead atoms. The molecule has 0 unspecified atom stereocenters. The Morgan fingerprint density at radius 3 is 2.69 bits per heavy atom. The first-order valence-electron chi connectivity index (χ1n) is 9.45. The number of para-hydroxylation sites is 2. The molecule has 1 heterocycles. The van der Waals surface area contributed by atoms with Crippen LogP contribution in [0.3, 0.4) is 0 Å². The van der Waals surface area contributed by atoms with Crippen molar-refractivity contribution in [2.24, 2.45) is 5.73 Å². The number of rotatable bonds is 6. The van der Waals surface area contributed by atoms with Crippen molar-refractivity contribution in [3.63, 3.8) is 0 Å². The predicted octanol–water partition coefficient (Wildman–Crippen LogP) is 3.62. The molecule has 1 aromatic heterocycles. The van der Waals surface area contributed by atoms with Crippen LogP contribution < -0.4 is 15.8 Å². The molecule has 1 fully saturated rings. The first-order chi connectivity index (χ1) is 14.0. The highest BCUT2D eigenvalue weighted by molar-refractivity contribution is 5.92. The van der Waals surface area contributed by atoms with Gasteiger partial charge in [0.05, 0.1) is 16.8 Å². The van der Waals surface area contributed by atoms with E-state index < -0.39 is 17.3 Å². The maximum atomic E-state index is 13.7. The molecule has 2 aromatic carbocycles. The van der Waals surface area contributed by atoms with Crippen LogP contribution >= 0.6 is 0 Å². The van der Waals surface area contributed by atoms with E-state index in [2.05, 4.69) is 15.5 Å². The molecule has 0 spiro atoms. The number of nitrogens with zero attached hydrogens (tertiary/aromatic N) is 2. The second kappa shape index (κ2) is 8.00. The molecule has 3 N–H and O–H groups in total. The topological polar surface area (TPSA) is 103 Å². The Morgan fingerprint density at radius 1 is 1.17 bits per heavy atom. The fourth-order valence-corrected chi connectivity index (χ4v) is 3.43. The first-order valence-corrected chi connectivity index (χ1v) is 9.45. The Balaban J connectivity index is 1.47. The average molecular weight is 396 g/mol. The number of ether oxygens (including phenoxy) is 1. The largest absolute Gasteiger partial charge is 0.483 e. The Morgan fingerprint density at radius 2 is 1.90 bits per heavy atom. The van der Waals surface area contributed by atoms with Gasteiger partial charge in [-0.2, -0.15) is 4.98 Å². The van der Waals surface area contributed by atoms with Gasteiger partial charge in [0.2, 0.25) is 0 Å². The average Bonchev–Trinajstić information content (AvgIpc) is 3.39. The summed E-state index contributed by atoms with van der Waals surface area (Å²) in [6, 6.07) is 13.0. The van der Waals surface area contributed by atoms with Gasteiger partial charge in [0.1, 0.15) is 11.6 Å². The maximum Gasteiger partial charge on any atom is 0.262 e. The van der Waals surface area contributed by atoms with E-state index in [0.29, 0.717) is 17.1 Å². The standard InChI is InChI=1S/C21H21FN4O3/c22-15-8-2-3-9-16(15)24-18(27)13-28-17-10-4-1-7-14(17)19-25-20(26-29-19)21(23)11-5-6-12-21/h1-4,7-10H,5-6,11-13,23H2,(H,24,27).